The largest absolute Gasteiger partial charge is 0.380 e. The maximum Gasteiger partial charge on any atom is 0.128 e. The lowest BCUT2D eigenvalue weighted by Crippen LogP contribution is -2.27. The second kappa shape index (κ2) is 7.47. The summed E-state index contributed by atoms with van der Waals surface area (Å²) in [7, 11) is 0. The molecule has 90 valence electrons. The van der Waals surface area contributed by atoms with Crippen LogP contribution in [0.15, 0.2) is 18.3 Å². The van der Waals surface area contributed by atoms with Crippen molar-refractivity contribution in [3.8, 4) is 0 Å². The van der Waals surface area contributed by atoms with Crippen LogP contribution in [-0.4, -0.2) is 31.3 Å². The molecule has 0 bridgehead atoms. The number of pyridine rings is 1. The quantitative estimate of drug-likeness (QED) is 0.543. The van der Waals surface area contributed by atoms with Gasteiger partial charge in [0.2, 0.25) is 0 Å². The highest BCUT2D eigenvalue weighted by Gasteiger charge is 2.04. The molecule has 0 aromatic carbocycles. The summed E-state index contributed by atoms with van der Waals surface area (Å²) in [6.45, 7) is 7.42. The summed E-state index contributed by atoms with van der Waals surface area (Å²) in [4.78, 5) is 6.57. The molecule has 1 rings (SSSR count). The van der Waals surface area contributed by atoms with Crippen molar-refractivity contribution < 1.29 is 4.74 Å². The zero-order valence-electron chi connectivity index (χ0n) is 9.95. The molecule has 16 heavy (non-hydrogen) atoms. The van der Waals surface area contributed by atoms with Crippen molar-refractivity contribution in [1.29, 1.82) is 0 Å². The van der Waals surface area contributed by atoms with Crippen LogP contribution in [0, 0.1) is 0 Å². The molecule has 0 aliphatic rings. The number of likely N-dealkylation sites (N-methyl/N-ethyl adjacent to an activating group) is 1. The Morgan fingerprint density at radius 3 is 2.69 bits per heavy atom. The van der Waals surface area contributed by atoms with E-state index >= 15 is 0 Å². The molecule has 0 atom stereocenters. The van der Waals surface area contributed by atoms with Gasteiger partial charge in [0, 0.05) is 31.8 Å². The third kappa shape index (κ3) is 3.99. The molecular formula is C12H19ClN2O. The van der Waals surface area contributed by atoms with E-state index in [1.165, 1.54) is 0 Å². The topological polar surface area (TPSA) is 25.4 Å². The number of anilines is 1. The maximum atomic E-state index is 5.72. The summed E-state index contributed by atoms with van der Waals surface area (Å²) in [6.07, 6.45) is 1.83. The van der Waals surface area contributed by atoms with E-state index in [0.29, 0.717) is 5.88 Å². The summed E-state index contributed by atoms with van der Waals surface area (Å²) in [5.74, 6) is 1.49. The SMILES string of the molecule is CCOCCN(CC)c1ccc(CCl)cn1. The van der Waals surface area contributed by atoms with Crippen molar-refractivity contribution in [3.05, 3.63) is 23.9 Å². The molecule has 0 spiro atoms. The van der Waals surface area contributed by atoms with E-state index in [0.717, 1.165) is 37.7 Å². The smallest absolute Gasteiger partial charge is 0.128 e. The Hall–Kier alpha value is -0.800. The first-order chi connectivity index (χ1) is 7.81. The fourth-order valence-electron chi connectivity index (χ4n) is 1.44. The second-order valence-electron chi connectivity index (χ2n) is 3.43. The van der Waals surface area contributed by atoms with Crippen molar-refractivity contribution >= 4 is 17.4 Å². The molecule has 0 unspecified atom stereocenters. The average Bonchev–Trinajstić information content (AvgIpc) is 2.35. The van der Waals surface area contributed by atoms with Crippen molar-refractivity contribution in [2.45, 2.75) is 19.7 Å². The molecule has 0 saturated carbocycles. The molecule has 3 nitrogen and oxygen atoms in total. The molecule has 4 heteroatoms. The number of rotatable bonds is 7. The van der Waals surface area contributed by atoms with Crippen LogP contribution in [0.5, 0.6) is 0 Å². The summed E-state index contributed by atoms with van der Waals surface area (Å²) in [5.41, 5.74) is 1.05. The van der Waals surface area contributed by atoms with E-state index < -0.39 is 0 Å². The summed E-state index contributed by atoms with van der Waals surface area (Å²) in [5, 5.41) is 0. The van der Waals surface area contributed by atoms with Crippen LogP contribution in [-0.2, 0) is 10.6 Å². The van der Waals surface area contributed by atoms with Crippen LogP contribution in [0.3, 0.4) is 0 Å². The first kappa shape index (κ1) is 13.3. The van der Waals surface area contributed by atoms with Crippen LogP contribution in [0.1, 0.15) is 19.4 Å². The highest BCUT2D eigenvalue weighted by atomic mass is 35.5. The maximum absolute atomic E-state index is 5.72. The van der Waals surface area contributed by atoms with Crippen molar-refractivity contribution in [2.24, 2.45) is 0 Å². The van der Waals surface area contributed by atoms with Gasteiger partial charge in [-0.25, -0.2) is 4.98 Å². The van der Waals surface area contributed by atoms with Crippen molar-refractivity contribution in [3.63, 3.8) is 0 Å². The molecule has 0 aliphatic carbocycles. The van der Waals surface area contributed by atoms with Gasteiger partial charge in [-0.1, -0.05) is 6.07 Å². The van der Waals surface area contributed by atoms with Crippen LogP contribution >= 0.6 is 11.6 Å². The van der Waals surface area contributed by atoms with E-state index in [2.05, 4.69) is 16.8 Å². The molecular weight excluding hydrogens is 224 g/mol. The number of nitrogens with zero attached hydrogens (tertiary/aromatic N) is 2. The Morgan fingerprint density at radius 1 is 1.38 bits per heavy atom. The Balaban J connectivity index is 2.56. The van der Waals surface area contributed by atoms with E-state index in [1.807, 2.05) is 25.3 Å². The van der Waals surface area contributed by atoms with Gasteiger partial charge in [-0.15, -0.1) is 11.6 Å². The van der Waals surface area contributed by atoms with E-state index in [1.54, 1.807) is 0 Å². The molecule has 0 aliphatic heterocycles. The Kier molecular flexibility index (Phi) is 6.19. The predicted octanol–water partition coefficient (Wildman–Crippen LogP) is 2.68. The van der Waals surface area contributed by atoms with Crippen LogP contribution < -0.4 is 4.90 Å². The standard InChI is InChI=1S/C12H19ClN2O/c1-3-15(7-8-16-4-2)12-6-5-11(9-13)10-14-12/h5-6,10H,3-4,7-9H2,1-2H3. The van der Waals surface area contributed by atoms with Gasteiger partial charge in [0.1, 0.15) is 5.82 Å². The number of alkyl halides is 1. The second-order valence-corrected chi connectivity index (χ2v) is 3.70. The first-order valence-electron chi connectivity index (χ1n) is 5.65. The van der Waals surface area contributed by atoms with Gasteiger partial charge in [-0.2, -0.15) is 0 Å². The molecule has 0 radical (unpaired) electrons. The predicted molar refractivity (Wildman–Crippen MR) is 68.2 cm³/mol. The van der Waals surface area contributed by atoms with Crippen LogP contribution in [0.2, 0.25) is 0 Å². The van der Waals surface area contributed by atoms with Gasteiger partial charge in [0.15, 0.2) is 0 Å². The normalized spacial score (nSPS) is 10.4. The van der Waals surface area contributed by atoms with Crippen molar-refractivity contribution in [2.75, 3.05) is 31.2 Å². The van der Waals surface area contributed by atoms with E-state index in [4.69, 9.17) is 16.3 Å². The first-order valence-corrected chi connectivity index (χ1v) is 6.18. The third-order valence-electron chi connectivity index (χ3n) is 2.38. The molecule has 0 saturated heterocycles. The van der Waals surface area contributed by atoms with Gasteiger partial charge < -0.3 is 9.64 Å². The van der Waals surface area contributed by atoms with E-state index in [-0.39, 0.29) is 0 Å². The lowest BCUT2D eigenvalue weighted by atomic mass is 10.3. The Morgan fingerprint density at radius 2 is 2.19 bits per heavy atom. The van der Waals surface area contributed by atoms with E-state index in [9.17, 15) is 0 Å². The number of aromatic nitrogens is 1. The van der Waals surface area contributed by atoms with Gasteiger partial charge in [0.05, 0.1) is 6.61 Å². The molecule has 1 heterocycles. The third-order valence-corrected chi connectivity index (χ3v) is 2.69. The molecule has 0 N–H and O–H groups in total. The number of hydrogen-bond acceptors (Lipinski definition) is 3. The van der Waals surface area contributed by atoms with Gasteiger partial charge in [-0.05, 0) is 25.5 Å². The van der Waals surface area contributed by atoms with Crippen LogP contribution in [0.25, 0.3) is 0 Å². The summed E-state index contributed by atoms with van der Waals surface area (Å²) in [6, 6.07) is 4.02. The summed E-state index contributed by atoms with van der Waals surface area (Å²) >= 11 is 5.72. The minimum atomic E-state index is 0.512. The van der Waals surface area contributed by atoms with Crippen LogP contribution in [0.4, 0.5) is 5.82 Å². The van der Waals surface area contributed by atoms with Gasteiger partial charge >= 0.3 is 0 Å². The fraction of sp³-hybridized carbons (Fsp3) is 0.583. The minimum Gasteiger partial charge on any atom is -0.380 e. The highest BCUT2D eigenvalue weighted by molar-refractivity contribution is 6.17. The highest BCUT2D eigenvalue weighted by Crippen LogP contribution is 2.11. The van der Waals surface area contributed by atoms with Gasteiger partial charge in [-0.3, -0.25) is 0 Å². The minimum absolute atomic E-state index is 0.512. The summed E-state index contributed by atoms with van der Waals surface area (Å²) < 4.78 is 5.34. The molecule has 1 aromatic rings. The lowest BCUT2D eigenvalue weighted by Gasteiger charge is -2.21. The zero-order valence-corrected chi connectivity index (χ0v) is 10.7. The Labute approximate surface area is 102 Å². The van der Waals surface area contributed by atoms with Gasteiger partial charge in [0.25, 0.3) is 0 Å². The number of hydrogen-bond donors (Lipinski definition) is 0. The Bertz CT molecular complexity index is 290. The average molecular weight is 243 g/mol. The number of ether oxygens (including phenoxy) is 1. The lowest BCUT2D eigenvalue weighted by molar-refractivity contribution is 0.154. The molecule has 1 aromatic heterocycles. The zero-order chi connectivity index (χ0) is 11.8. The molecule has 0 amide bonds. The molecule has 0 fully saturated rings. The van der Waals surface area contributed by atoms with Crippen molar-refractivity contribution in [1.82, 2.24) is 4.98 Å². The monoisotopic (exact) mass is 242 g/mol. The number of halogens is 1. The fourth-order valence-corrected chi connectivity index (χ4v) is 1.59.